The number of aromatic nitrogens is 1. The Morgan fingerprint density at radius 3 is 2.86 bits per heavy atom. The molecular formula is C14H14FN3O3. The monoisotopic (exact) mass is 291 g/mol. The zero-order valence-electron chi connectivity index (χ0n) is 11.0. The molecule has 110 valence electrons. The normalized spacial score (nSPS) is 21.7. The van der Waals surface area contributed by atoms with E-state index in [2.05, 4.69) is 10.3 Å². The SMILES string of the molecule is O=C(Nc1cccc2c(=O)[nH]ccc12)N1C[C@@H](O)[C@H](F)C1. The molecule has 1 aromatic carbocycles. The topological polar surface area (TPSA) is 85.4 Å². The third kappa shape index (κ3) is 2.47. The van der Waals surface area contributed by atoms with Crippen LogP contribution < -0.4 is 10.9 Å². The number of hydrogen-bond acceptors (Lipinski definition) is 3. The van der Waals surface area contributed by atoms with E-state index in [1.807, 2.05) is 0 Å². The van der Waals surface area contributed by atoms with Crippen LogP contribution in [0.15, 0.2) is 35.3 Å². The number of aromatic amines is 1. The maximum absolute atomic E-state index is 13.3. The lowest BCUT2D eigenvalue weighted by molar-refractivity contribution is 0.116. The zero-order valence-corrected chi connectivity index (χ0v) is 11.0. The van der Waals surface area contributed by atoms with Gasteiger partial charge in [-0.3, -0.25) is 4.79 Å². The number of aliphatic hydroxyl groups is 1. The highest BCUT2D eigenvalue weighted by Gasteiger charge is 2.34. The van der Waals surface area contributed by atoms with Crippen LogP contribution in [0.4, 0.5) is 14.9 Å². The van der Waals surface area contributed by atoms with Gasteiger partial charge in [-0.15, -0.1) is 0 Å². The summed E-state index contributed by atoms with van der Waals surface area (Å²) in [4.78, 5) is 27.6. The van der Waals surface area contributed by atoms with Crippen molar-refractivity contribution in [2.75, 3.05) is 18.4 Å². The number of β-amino-alcohol motifs (C(OH)–C–C–N with tert-alkyl or cyclic N) is 1. The Labute approximate surface area is 119 Å². The number of halogens is 1. The Morgan fingerprint density at radius 2 is 2.14 bits per heavy atom. The fourth-order valence-electron chi connectivity index (χ4n) is 2.44. The third-order valence-electron chi connectivity index (χ3n) is 3.56. The van der Waals surface area contributed by atoms with Crippen LogP contribution in [0.2, 0.25) is 0 Å². The van der Waals surface area contributed by atoms with Gasteiger partial charge in [0.2, 0.25) is 0 Å². The maximum Gasteiger partial charge on any atom is 0.322 e. The van der Waals surface area contributed by atoms with Gasteiger partial charge in [0.05, 0.1) is 18.8 Å². The molecule has 1 aliphatic rings. The van der Waals surface area contributed by atoms with Gasteiger partial charge < -0.3 is 20.3 Å². The molecule has 0 spiro atoms. The molecule has 0 aliphatic carbocycles. The summed E-state index contributed by atoms with van der Waals surface area (Å²) in [6.45, 7) is -0.184. The van der Waals surface area contributed by atoms with Gasteiger partial charge in [0.1, 0.15) is 12.3 Å². The molecule has 0 saturated carbocycles. The minimum Gasteiger partial charge on any atom is -0.388 e. The second-order valence-electron chi connectivity index (χ2n) is 4.99. The van der Waals surface area contributed by atoms with Gasteiger partial charge in [-0.1, -0.05) is 6.07 Å². The van der Waals surface area contributed by atoms with E-state index >= 15 is 0 Å². The summed E-state index contributed by atoms with van der Waals surface area (Å²) in [5.41, 5.74) is 0.226. The standard InChI is InChI=1S/C14H14FN3O3/c15-10-6-18(7-12(10)19)14(21)17-11-3-1-2-9-8(11)4-5-16-13(9)20/h1-5,10,12,19H,6-7H2,(H,16,20)(H,17,21)/t10-,12-/m1/s1. The first-order chi connectivity index (χ1) is 10.1. The number of anilines is 1. The first kappa shape index (κ1) is 13.6. The number of fused-ring (bicyclic) bond motifs is 1. The van der Waals surface area contributed by atoms with Gasteiger partial charge in [0, 0.05) is 17.0 Å². The minimum absolute atomic E-state index is 0.0433. The van der Waals surface area contributed by atoms with Crippen molar-refractivity contribution in [3.8, 4) is 0 Å². The Bertz CT molecular complexity index is 736. The van der Waals surface area contributed by atoms with Crippen molar-refractivity contribution >= 4 is 22.5 Å². The van der Waals surface area contributed by atoms with Crippen molar-refractivity contribution in [2.45, 2.75) is 12.3 Å². The number of urea groups is 1. The summed E-state index contributed by atoms with van der Waals surface area (Å²) in [5.74, 6) is 0. The molecule has 2 heterocycles. The smallest absolute Gasteiger partial charge is 0.322 e. The molecule has 7 heteroatoms. The molecule has 6 nitrogen and oxygen atoms in total. The Kier molecular flexibility index (Phi) is 3.34. The lowest BCUT2D eigenvalue weighted by Gasteiger charge is -2.17. The van der Waals surface area contributed by atoms with E-state index in [1.54, 1.807) is 24.3 Å². The van der Waals surface area contributed by atoms with E-state index in [0.717, 1.165) is 0 Å². The van der Waals surface area contributed by atoms with Crippen LogP contribution in [0.25, 0.3) is 10.8 Å². The quantitative estimate of drug-likeness (QED) is 0.735. The summed E-state index contributed by atoms with van der Waals surface area (Å²) in [6.07, 6.45) is -1.07. The van der Waals surface area contributed by atoms with Crippen molar-refractivity contribution in [3.63, 3.8) is 0 Å². The number of amides is 2. The first-order valence-corrected chi connectivity index (χ1v) is 6.55. The third-order valence-corrected chi connectivity index (χ3v) is 3.56. The molecule has 3 N–H and O–H groups in total. The van der Waals surface area contributed by atoms with Crippen LogP contribution in [0.3, 0.4) is 0 Å². The Morgan fingerprint density at radius 1 is 1.33 bits per heavy atom. The van der Waals surface area contributed by atoms with E-state index in [-0.39, 0.29) is 18.6 Å². The number of pyridine rings is 1. The predicted molar refractivity (Wildman–Crippen MR) is 76.1 cm³/mol. The number of nitrogens with zero attached hydrogens (tertiary/aromatic N) is 1. The molecule has 3 rings (SSSR count). The molecule has 1 aliphatic heterocycles. The molecule has 0 radical (unpaired) electrons. The van der Waals surface area contributed by atoms with Gasteiger partial charge in [-0.2, -0.15) is 0 Å². The number of rotatable bonds is 1. The van der Waals surface area contributed by atoms with Gasteiger partial charge in [0.15, 0.2) is 0 Å². The Hall–Kier alpha value is -2.41. The molecule has 1 fully saturated rings. The molecule has 0 bridgehead atoms. The van der Waals surface area contributed by atoms with Crippen LogP contribution in [0, 0.1) is 0 Å². The van der Waals surface area contributed by atoms with Gasteiger partial charge in [-0.25, -0.2) is 9.18 Å². The van der Waals surface area contributed by atoms with E-state index in [9.17, 15) is 19.1 Å². The van der Waals surface area contributed by atoms with Gasteiger partial charge >= 0.3 is 6.03 Å². The molecule has 0 unspecified atom stereocenters. The fraction of sp³-hybridized carbons (Fsp3) is 0.286. The van der Waals surface area contributed by atoms with E-state index in [1.165, 1.54) is 11.1 Å². The Balaban J connectivity index is 1.87. The first-order valence-electron chi connectivity index (χ1n) is 6.55. The van der Waals surface area contributed by atoms with Gasteiger partial charge in [-0.05, 0) is 18.2 Å². The number of carbonyl (C=O) groups is 1. The van der Waals surface area contributed by atoms with E-state index < -0.39 is 18.3 Å². The van der Waals surface area contributed by atoms with Crippen molar-refractivity contribution in [1.82, 2.24) is 9.88 Å². The lowest BCUT2D eigenvalue weighted by atomic mass is 10.1. The average Bonchev–Trinajstić information content (AvgIpc) is 2.80. The van der Waals surface area contributed by atoms with Crippen LogP contribution >= 0.6 is 0 Å². The van der Waals surface area contributed by atoms with Crippen LogP contribution in [-0.2, 0) is 0 Å². The number of nitrogens with one attached hydrogen (secondary N) is 2. The molecule has 2 amide bonds. The summed E-state index contributed by atoms with van der Waals surface area (Å²) >= 11 is 0. The summed E-state index contributed by atoms with van der Waals surface area (Å²) in [6, 6.07) is 6.16. The number of aliphatic hydroxyl groups excluding tert-OH is 1. The number of hydrogen-bond donors (Lipinski definition) is 3. The zero-order chi connectivity index (χ0) is 15.0. The number of likely N-dealkylation sites (tertiary alicyclic amines) is 1. The molecule has 2 atom stereocenters. The van der Waals surface area contributed by atoms with E-state index in [4.69, 9.17) is 0 Å². The highest BCUT2D eigenvalue weighted by molar-refractivity contribution is 6.01. The van der Waals surface area contributed by atoms with Crippen molar-refractivity contribution in [1.29, 1.82) is 0 Å². The summed E-state index contributed by atoms with van der Waals surface area (Å²) in [5, 5.41) is 13.1. The van der Waals surface area contributed by atoms with Gasteiger partial charge in [0.25, 0.3) is 5.56 Å². The van der Waals surface area contributed by atoms with E-state index in [0.29, 0.717) is 16.5 Å². The minimum atomic E-state index is -1.42. The van der Waals surface area contributed by atoms with Crippen molar-refractivity contribution in [2.24, 2.45) is 0 Å². The lowest BCUT2D eigenvalue weighted by Crippen LogP contribution is -2.33. The molecule has 1 saturated heterocycles. The average molecular weight is 291 g/mol. The van der Waals surface area contributed by atoms with Crippen LogP contribution in [-0.4, -0.2) is 46.4 Å². The maximum atomic E-state index is 13.3. The molecule has 1 aromatic heterocycles. The summed E-state index contributed by atoms with van der Waals surface area (Å²) in [7, 11) is 0. The predicted octanol–water partition coefficient (Wildman–Crippen LogP) is 1.07. The second kappa shape index (κ2) is 5.17. The van der Waals surface area contributed by atoms with Crippen molar-refractivity contribution in [3.05, 3.63) is 40.8 Å². The fourth-order valence-corrected chi connectivity index (χ4v) is 2.44. The van der Waals surface area contributed by atoms with Crippen LogP contribution in [0.5, 0.6) is 0 Å². The number of H-pyrrole nitrogens is 1. The highest BCUT2D eigenvalue weighted by Crippen LogP contribution is 2.21. The molecule has 21 heavy (non-hydrogen) atoms. The summed E-state index contributed by atoms with van der Waals surface area (Å²) < 4.78 is 13.3. The largest absolute Gasteiger partial charge is 0.388 e. The highest BCUT2D eigenvalue weighted by atomic mass is 19.1. The number of alkyl halides is 1. The second-order valence-corrected chi connectivity index (χ2v) is 4.99. The molecular weight excluding hydrogens is 277 g/mol. The number of benzene rings is 1. The number of carbonyl (C=O) groups excluding carboxylic acids is 1. The van der Waals surface area contributed by atoms with Crippen molar-refractivity contribution < 1.29 is 14.3 Å². The van der Waals surface area contributed by atoms with Crippen LogP contribution in [0.1, 0.15) is 0 Å². The molecule has 2 aromatic rings.